The van der Waals surface area contributed by atoms with Gasteiger partial charge in [0.15, 0.2) is 0 Å². The summed E-state index contributed by atoms with van der Waals surface area (Å²) in [5.41, 5.74) is 1.81. The zero-order valence-corrected chi connectivity index (χ0v) is 26.7. The molecule has 5 rings (SSSR count). The van der Waals surface area contributed by atoms with E-state index in [-0.39, 0.29) is 24.4 Å². The van der Waals surface area contributed by atoms with Crippen molar-refractivity contribution in [3.05, 3.63) is 119 Å². The molecule has 0 radical (unpaired) electrons. The Hall–Kier alpha value is -6.52. The number of nitrogens with one attached hydrogen (secondary N) is 2. The molecule has 0 saturated heterocycles. The Morgan fingerprint density at radius 2 is 0.816 bits per heavy atom. The fourth-order valence-electron chi connectivity index (χ4n) is 4.83. The molecule has 10 nitrogen and oxygen atoms in total. The summed E-state index contributed by atoms with van der Waals surface area (Å²) in [4.78, 5) is 26.4. The quantitative estimate of drug-likeness (QED) is 0.203. The first-order chi connectivity index (χ1) is 24.1. The van der Waals surface area contributed by atoms with E-state index in [0.717, 1.165) is 0 Å². The van der Waals surface area contributed by atoms with Gasteiger partial charge in [-0.05, 0) is 61.4 Å². The molecule has 1 heterocycles. The molecule has 0 fully saturated rings. The van der Waals surface area contributed by atoms with Gasteiger partial charge >= 0.3 is 0 Å². The number of para-hydroxylation sites is 6. The van der Waals surface area contributed by atoms with Gasteiger partial charge in [0.2, 0.25) is 0 Å². The molecule has 0 bridgehead atoms. The molecule has 2 N–H and O–H groups in total. The van der Waals surface area contributed by atoms with Crippen LogP contribution in [-0.2, 0) is 9.59 Å². The van der Waals surface area contributed by atoms with Crippen LogP contribution in [0, 0.1) is 22.7 Å². The van der Waals surface area contributed by atoms with Crippen molar-refractivity contribution in [2.75, 3.05) is 37.1 Å². The number of amides is 2. The fourth-order valence-corrected chi connectivity index (χ4v) is 4.83. The molecule has 0 atom stereocenters. The maximum atomic E-state index is 13.2. The van der Waals surface area contributed by atoms with Crippen molar-refractivity contribution in [2.24, 2.45) is 0 Å². The number of benzene rings is 4. The van der Waals surface area contributed by atoms with Gasteiger partial charge in [-0.1, -0.05) is 60.7 Å². The van der Waals surface area contributed by atoms with Crippen LogP contribution in [-0.4, -0.2) is 38.2 Å². The molecule has 4 aromatic carbocycles. The van der Waals surface area contributed by atoms with Gasteiger partial charge in [-0.15, -0.1) is 0 Å². The van der Waals surface area contributed by atoms with Crippen molar-refractivity contribution in [2.45, 2.75) is 19.3 Å². The van der Waals surface area contributed by atoms with Crippen LogP contribution >= 0.6 is 0 Å². The zero-order valence-electron chi connectivity index (χ0n) is 26.7. The Bertz CT molecular complexity index is 1800. The van der Waals surface area contributed by atoms with Crippen molar-refractivity contribution in [1.29, 1.82) is 10.5 Å². The number of hydrogen-bond acceptors (Lipinski definition) is 8. The van der Waals surface area contributed by atoms with Crippen molar-refractivity contribution >= 4 is 35.3 Å². The minimum Gasteiger partial charge on any atom is -0.493 e. The lowest BCUT2D eigenvalue weighted by Crippen LogP contribution is -2.15. The molecule has 246 valence electrons. The highest BCUT2D eigenvalue weighted by Crippen LogP contribution is 2.28. The predicted octanol–water partition coefficient (Wildman–Crippen LogP) is 7.18. The first kappa shape index (κ1) is 33.8. The summed E-state index contributed by atoms with van der Waals surface area (Å²) in [6.45, 7) is 1.27. The number of nitriles is 2. The molecular formula is C39H34N4O6. The molecular weight excluding hydrogens is 620 g/mol. The van der Waals surface area contributed by atoms with Crippen LogP contribution in [0.4, 0.5) is 11.4 Å². The zero-order chi connectivity index (χ0) is 34.3. The Labute approximate surface area is 284 Å². The molecule has 0 aromatic heterocycles. The van der Waals surface area contributed by atoms with Gasteiger partial charge in [0.05, 0.1) is 37.8 Å². The summed E-state index contributed by atoms with van der Waals surface area (Å²) in [5, 5.41) is 25.3. The Morgan fingerprint density at radius 3 is 1.24 bits per heavy atom. The van der Waals surface area contributed by atoms with Crippen molar-refractivity contribution < 1.29 is 28.5 Å². The second-order valence-electron chi connectivity index (χ2n) is 10.8. The summed E-state index contributed by atoms with van der Waals surface area (Å²) in [5.74, 6) is 0.782. The molecule has 0 spiro atoms. The monoisotopic (exact) mass is 654 g/mol. The lowest BCUT2D eigenvalue weighted by atomic mass is 10.1. The third-order valence-electron chi connectivity index (χ3n) is 7.30. The summed E-state index contributed by atoms with van der Waals surface area (Å²) in [6, 6.07) is 32.3. The van der Waals surface area contributed by atoms with Crippen LogP contribution in [0.2, 0.25) is 0 Å². The number of fused-ring (bicyclic) bond motifs is 4. The van der Waals surface area contributed by atoms with Crippen molar-refractivity contribution in [3.8, 4) is 35.1 Å². The van der Waals surface area contributed by atoms with Gasteiger partial charge < -0.3 is 29.6 Å². The largest absolute Gasteiger partial charge is 0.493 e. The van der Waals surface area contributed by atoms with Crippen LogP contribution in [0.3, 0.4) is 0 Å². The van der Waals surface area contributed by atoms with E-state index in [1.54, 1.807) is 97.1 Å². The summed E-state index contributed by atoms with van der Waals surface area (Å²) >= 11 is 0. The number of nitrogens with zero attached hydrogens (tertiary/aromatic N) is 2. The summed E-state index contributed by atoms with van der Waals surface area (Å²) in [6.07, 6.45) is 4.75. The lowest BCUT2D eigenvalue weighted by molar-refractivity contribution is -0.113. The van der Waals surface area contributed by atoms with Crippen molar-refractivity contribution in [3.63, 3.8) is 0 Å². The molecule has 1 aliphatic rings. The molecule has 0 aliphatic carbocycles. The van der Waals surface area contributed by atoms with Gasteiger partial charge in [0, 0.05) is 17.5 Å². The minimum atomic E-state index is -0.578. The Balaban J connectivity index is 1.39. The van der Waals surface area contributed by atoms with Crippen molar-refractivity contribution in [1.82, 2.24) is 0 Å². The average Bonchev–Trinajstić information content (AvgIpc) is 3.12. The van der Waals surface area contributed by atoms with Crippen LogP contribution in [0.5, 0.6) is 23.0 Å². The smallest absolute Gasteiger partial charge is 0.266 e. The number of ether oxygens (including phenoxy) is 4. The van der Waals surface area contributed by atoms with E-state index < -0.39 is 11.8 Å². The highest BCUT2D eigenvalue weighted by Gasteiger charge is 2.16. The predicted molar refractivity (Wildman–Crippen MR) is 186 cm³/mol. The lowest BCUT2D eigenvalue weighted by Gasteiger charge is -2.14. The first-order valence-electron chi connectivity index (χ1n) is 15.8. The number of anilines is 2. The van der Waals surface area contributed by atoms with E-state index in [9.17, 15) is 20.1 Å². The van der Waals surface area contributed by atoms with Crippen LogP contribution in [0.1, 0.15) is 30.4 Å². The van der Waals surface area contributed by atoms with E-state index in [2.05, 4.69) is 10.6 Å². The number of carbonyl (C=O) groups excluding carboxylic acids is 2. The van der Waals surface area contributed by atoms with Gasteiger partial charge in [0.25, 0.3) is 11.8 Å². The van der Waals surface area contributed by atoms with E-state index in [1.807, 2.05) is 12.1 Å². The molecule has 10 heteroatoms. The standard InChI is InChI=1S/C39H34N4O6/c40-26-30-24-28-12-1-5-16-34(28)46-22-11-23-47-35-17-6-2-13-29(35)25-31(27-41)39(45)43-33-15-4-8-19-37(33)49-21-10-9-20-48-36-18-7-3-14-32(36)42-38(30)44/h1-8,12-19,24-25H,9-11,20-23H2,(H,42,44)(H,43,45)/b30-24-,31-25-. The molecule has 1 aliphatic heterocycles. The summed E-state index contributed by atoms with van der Waals surface area (Å²) < 4.78 is 23.9. The van der Waals surface area contributed by atoms with Gasteiger partial charge in [-0.3, -0.25) is 9.59 Å². The highest BCUT2D eigenvalue weighted by molar-refractivity contribution is 6.11. The maximum absolute atomic E-state index is 13.2. The third-order valence-corrected chi connectivity index (χ3v) is 7.30. The Morgan fingerprint density at radius 1 is 0.469 bits per heavy atom. The topological polar surface area (TPSA) is 143 Å². The van der Waals surface area contributed by atoms with E-state index in [0.29, 0.717) is 78.0 Å². The Kier molecular flexibility index (Phi) is 12.0. The molecule has 49 heavy (non-hydrogen) atoms. The molecule has 0 saturated carbocycles. The fraction of sp³-hybridized carbons (Fsp3) is 0.179. The summed E-state index contributed by atoms with van der Waals surface area (Å²) in [7, 11) is 0. The average molecular weight is 655 g/mol. The van der Waals surface area contributed by atoms with Crippen LogP contribution in [0.25, 0.3) is 12.2 Å². The number of hydrogen-bond donors (Lipinski definition) is 2. The molecule has 2 amide bonds. The SMILES string of the molecule is N#C/C1=C/c2ccccc2OCCCOc2ccccc2/C=C(/C#N)C(=O)Nc2ccccc2OCCCCOc2ccccc2NC1=O. The van der Waals surface area contributed by atoms with E-state index in [4.69, 9.17) is 18.9 Å². The third kappa shape index (κ3) is 9.50. The number of rotatable bonds is 0. The molecule has 0 unspecified atom stereocenters. The first-order valence-corrected chi connectivity index (χ1v) is 15.8. The van der Waals surface area contributed by atoms with E-state index in [1.165, 1.54) is 12.2 Å². The van der Waals surface area contributed by atoms with Crippen LogP contribution in [0.15, 0.2) is 108 Å². The number of carbonyl (C=O) groups is 2. The minimum absolute atomic E-state index is 0.0988. The second kappa shape index (κ2) is 17.4. The van der Waals surface area contributed by atoms with Crippen LogP contribution < -0.4 is 29.6 Å². The molecule has 4 aromatic rings. The normalized spacial score (nSPS) is 16.9. The highest BCUT2D eigenvalue weighted by atomic mass is 16.5. The van der Waals surface area contributed by atoms with E-state index >= 15 is 0 Å². The van der Waals surface area contributed by atoms with Gasteiger partial charge in [0.1, 0.15) is 46.3 Å². The van der Waals surface area contributed by atoms with Gasteiger partial charge in [-0.2, -0.15) is 10.5 Å². The maximum Gasteiger partial charge on any atom is 0.266 e. The second-order valence-corrected chi connectivity index (χ2v) is 10.8. The van der Waals surface area contributed by atoms with Gasteiger partial charge in [-0.25, -0.2) is 0 Å².